The van der Waals surface area contributed by atoms with E-state index in [1.165, 1.54) is 11.3 Å². The average molecular weight is 255 g/mol. The summed E-state index contributed by atoms with van der Waals surface area (Å²) in [5, 5.41) is 13.0. The van der Waals surface area contributed by atoms with Crippen LogP contribution >= 0.6 is 11.3 Å². The van der Waals surface area contributed by atoms with E-state index in [1.54, 1.807) is 4.90 Å². The molecule has 1 fully saturated rings. The van der Waals surface area contributed by atoms with E-state index >= 15 is 0 Å². The van der Waals surface area contributed by atoms with Crippen molar-refractivity contribution in [3.63, 3.8) is 0 Å². The van der Waals surface area contributed by atoms with E-state index in [2.05, 4.69) is 0 Å². The largest absolute Gasteiger partial charge is 0.394 e. The number of rotatable bonds is 2. The van der Waals surface area contributed by atoms with Crippen molar-refractivity contribution in [3.05, 3.63) is 21.9 Å². The van der Waals surface area contributed by atoms with Crippen LogP contribution in [0.25, 0.3) is 0 Å². The van der Waals surface area contributed by atoms with E-state index in [0.717, 1.165) is 11.1 Å². The third kappa shape index (κ3) is 2.68. The fourth-order valence-electron chi connectivity index (χ4n) is 2.06. The standard InChI is InChI=1S/C12H17NO3S/c1-8-6-17-7-11(8)12(15)13-3-9(2)16-10(4-13)5-14/h6-7,9-10,14H,3-5H2,1-2H3. The Bertz CT molecular complexity index is 404. The fraction of sp³-hybridized carbons (Fsp3) is 0.583. The van der Waals surface area contributed by atoms with Crippen molar-refractivity contribution in [2.24, 2.45) is 0 Å². The number of aliphatic hydroxyl groups is 1. The number of amides is 1. The Labute approximate surface area is 105 Å². The highest BCUT2D eigenvalue weighted by Crippen LogP contribution is 2.19. The maximum atomic E-state index is 12.3. The molecular weight excluding hydrogens is 238 g/mol. The molecule has 17 heavy (non-hydrogen) atoms. The van der Waals surface area contributed by atoms with Gasteiger partial charge in [0.1, 0.15) is 0 Å². The number of hydrogen-bond donors (Lipinski definition) is 1. The van der Waals surface area contributed by atoms with Crippen LogP contribution in [0.5, 0.6) is 0 Å². The van der Waals surface area contributed by atoms with E-state index < -0.39 is 0 Å². The Morgan fingerprint density at radius 1 is 1.59 bits per heavy atom. The van der Waals surface area contributed by atoms with Crippen LogP contribution in [0, 0.1) is 6.92 Å². The van der Waals surface area contributed by atoms with Crippen molar-refractivity contribution < 1.29 is 14.6 Å². The van der Waals surface area contributed by atoms with Crippen molar-refractivity contribution in [1.82, 2.24) is 4.90 Å². The molecule has 1 N–H and O–H groups in total. The number of aryl methyl sites for hydroxylation is 1. The molecule has 2 heterocycles. The summed E-state index contributed by atoms with van der Waals surface area (Å²) in [6, 6.07) is 0. The van der Waals surface area contributed by atoms with Gasteiger partial charge in [-0.15, -0.1) is 0 Å². The van der Waals surface area contributed by atoms with Crippen LogP contribution in [0.3, 0.4) is 0 Å². The maximum Gasteiger partial charge on any atom is 0.255 e. The predicted octanol–water partition coefficient (Wildman–Crippen LogP) is 1.28. The first-order valence-corrected chi connectivity index (χ1v) is 6.64. The van der Waals surface area contributed by atoms with Crippen molar-refractivity contribution >= 4 is 17.2 Å². The Morgan fingerprint density at radius 3 is 2.94 bits per heavy atom. The van der Waals surface area contributed by atoms with E-state index in [-0.39, 0.29) is 24.7 Å². The van der Waals surface area contributed by atoms with Gasteiger partial charge in [-0.2, -0.15) is 11.3 Å². The molecule has 2 unspecified atom stereocenters. The first-order chi connectivity index (χ1) is 8.11. The topological polar surface area (TPSA) is 49.8 Å². The molecule has 0 aliphatic carbocycles. The van der Waals surface area contributed by atoms with Crippen molar-refractivity contribution in [2.75, 3.05) is 19.7 Å². The highest BCUT2D eigenvalue weighted by molar-refractivity contribution is 7.08. The van der Waals surface area contributed by atoms with Crippen LogP contribution in [0.2, 0.25) is 0 Å². The third-order valence-electron chi connectivity index (χ3n) is 2.90. The van der Waals surface area contributed by atoms with Gasteiger partial charge in [0.25, 0.3) is 5.91 Å². The van der Waals surface area contributed by atoms with E-state index in [9.17, 15) is 4.79 Å². The summed E-state index contributed by atoms with van der Waals surface area (Å²) in [4.78, 5) is 14.1. The zero-order valence-corrected chi connectivity index (χ0v) is 10.9. The maximum absolute atomic E-state index is 12.3. The number of hydrogen-bond acceptors (Lipinski definition) is 4. The summed E-state index contributed by atoms with van der Waals surface area (Å²) in [6.45, 7) is 4.87. The zero-order chi connectivity index (χ0) is 12.4. The second-order valence-electron chi connectivity index (χ2n) is 4.43. The molecule has 5 heteroatoms. The average Bonchev–Trinajstić information content (AvgIpc) is 2.73. The van der Waals surface area contributed by atoms with Crippen LogP contribution < -0.4 is 0 Å². The second-order valence-corrected chi connectivity index (χ2v) is 5.17. The first kappa shape index (κ1) is 12.5. The SMILES string of the molecule is Cc1cscc1C(=O)N1CC(C)OC(CO)C1. The molecule has 0 radical (unpaired) electrons. The summed E-state index contributed by atoms with van der Waals surface area (Å²) < 4.78 is 5.52. The van der Waals surface area contributed by atoms with Crippen LogP contribution in [-0.4, -0.2) is 47.8 Å². The highest BCUT2D eigenvalue weighted by Gasteiger charge is 2.29. The first-order valence-electron chi connectivity index (χ1n) is 5.70. The minimum Gasteiger partial charge on any atom is -0.394 e. The predicted molar refractivity (Wildman–Crippen MR) is 66.4 cm³/mol. The van der Waals surface area contributed by atoms with Gasteiger partial charge in [-0.05, 0) is 24.8 Å². The molecule has 4 nitrogen and oxygen atoms in total. The summed E-state index contributed by atoms with van der Waals surface area (Å²) in [5.74, 6) is 0.0392. The van der Waals surface area contributed by atoms with Gasteiger partial charge in [-0.1, -0.05) is 0 Å². The van der Waals surface area contributed by atoms with Crippen LogP contribution in [0.4, 0.5) is 0 Å². The summed E-state index contributed by atoms with van der Waals surface area (Å²) in [7, 11) is 0. The number of carbonyl (C=O) groups excluding carboxylic acids is 1. The summed E-state index contributed by atoms with van der Waals surface area (Å²) in [5.41, 5.74) is 1.78. The summed E-state index contributed by atoms with van der Waals surface area (Å²) >= 11 is 1.54. The molecule has 2 atom stereocenters. The molecule has 0 bridgehead atoms. The molecule has 1 aromatic heterocycles. The van der Waals surface area contributed by atoms with Gasteiger partial charge in [0, 0.05) is 18.5 Å². The molecule has 0 aromatic carbocycles. The number of carbonyl (C=O) groups is 1. The lowest BCUT2D eigenvalue weighted by atomic mass is 10.1. The van der Waals surface area contributed by atoms with Crippen LogP contribution in [-0.2, 0) is 4.74 Å². The smallest absolute Gasteiger partial charge is 0.255 e. The number of aliphatic hydroxyl groups excluding tert-OH is 1. The Balaban J connectivity index is 2.11. The minimum atomic E-state index is -0.262. The molecule has 1 aliphatic rings. The molecule has 1 aliphatic heterocycles. The number of morpholine rings is 1. The van der Waals surface area contributed by atoms with Gasteiger partial charge in [0.15, 0.2) is 0 Å². The Hall–Kier alpha value is -0.910. The zero-order valence-electron chi connectivity index (χ0n) is 10.0. The van der Waals surface area contributed by atoms with Crippen molar-refractivity contribution in [2.45, 2.75) is 26.1 Å². The monoisotopic (exact) mass is 255 g/mol. The van der Waals surface area contributed by atoms with Gasteiger partial charge < -0.3 is 14.7 Å². The normalized spacial score (nSPS) is 25.0. The van der Waals surface area contributed by atoms with Crippen molar-refractivity contribution in [3.8, 4) is 0 Å². The van der Waals surface area contributed by atoms with Gasteiger partial charge in [0.05, 0.1) is 24.4 Å². The molecule has 1 amide bonds. The molecule has 0 saturated carbocycles. The van der Waals surface area contributed by atoms with Gasteiger partial charge in [-0.25, -0.2) is 0 Å². The highest BCUT2D eigenvalue weighted by atomic mass is 32.1. The molecule has 1 saturated heterocycles. The number of ether oxygens (including phenoxy) is 1. The number of nitrogens with zero attached hydrogens (tertiary/aromatic N) is 1. The molecule has 94 valence electrons. The number of thiophene rings is 1. The lowest BCUT2D eigenvalue weighted by molar-refractivity contribution is -0.0858. The van der Waals surface area contributed by atoms with Gasteiger partial charge >= 0.3 is 0 Å². The molecular formula is C12H17NO3S. The molecule has 2 rings (SSSR count). The lowest BCUT2D eigenvalue weighted by Crippen LogP contribution is -2.50. The van der Waals surface area contributed by atoms with E-state index in [1.807, 2.05) is 24.6 Å². The van der Waals surface area contributed by atoms with Crippen LogP contribution in [0.15, 0.2) is 10.8 Å². The van der Waals surface area contributed by atoms with Crippen LogP contribution in [0.1, 0.15) is 22.8 Å². The quantitative estimate of drug-likeness (QED) is 0.866. The second kappa shape index (κ2) is 5.16. The Kier molecular flexibility index (Phi) is 3.81. The third-order valence-corrected chi connectivity index (χ3v) is 3.76. The molecule has 0 spiro atoms. The molecule has 1 aromatic rings. The van der Waals surface area contributed by atoms with Gasteiger partial charge in [-0.3, -0.25) is 4.79 Å². The minimum absolute atomic E-state index is 0.0243. The summed E-state index contributed by atoms with van der Waals surface area (Å²) in [6.07, 6.45) is -0.287. The van der Waals surface area contributed by atoms with E-state index in [0.29, 0.717) is 13.1 Å². The Morgan fingerprint density at radius 2 is 2.35 bits per heavy atom. The van der Waals surface area contributed by atoms with E-state index in [4.69, 9.17) is 9.84 Å². The van der Waals surface area contributed by atoms with Gasteiger partial charge in [0.2, 0.25) is 0 Å². The fourth-order valence-corrected chi connectivity index (χ4v) is 2.88. The van der Waals surface area contributed by atoms with Crippen molar-refractivity contribution in [1.29, 1.82) is 0 Å². The lowest BCUT2D eigenvalue weighted by Gasteiger charge is -2.36.